The minimum atomic E-state index is -0.145. The Balaban J connectivity index is 1.52. The highest BCUT2D eigenvalue weighted by molar-refractivity contribution is 6.31. The largest absolute Gasteiger partial charge is 0.352 e. The number of amides is 1. The molecule has 146 valence electrons. The first-order chi connectivity index (χ1) is 14.1. The number of carbonyl (C=O) groups is 1. The first-order valence-electron chi connectivity index (χ1n) is 9.32. The molecule has 29 heavy (non-hydrogen) atoms. The van der Waals surface area contributed by atoms with E-state index in [4.69, 9.17) is 28.2 Å². The van der Waals surface area contributed by atoms with Gasteiger partial charge in [0.25, 0.3) is 5.91 Å². The quantitative estimate of drug-likeness (QED) is 0.453. The third-order valence-electron chi connectivity index (χ3n) is 4.71. The maximum Gasteiger partial charge on any atom is 0.251 e. The zero-order valence-electron chi connectivity index (χ0n) is 15.6. The van der Waals surface area contributed by atoms with E-state index >= 15 is 0 Å². The highest BCUT2D eigenvalue weighted by Gasteiger charge is 2.12. The van der Waals surface area contributed by atoms with Gasteiger partial charge in [0.1, 0.15) is 5.82 Å². The molecule has 1 amide bonds. The summed E-state index contributed by atoms with van der Waals surface area (Å²) in [5.74, 6) is 0.778. The van der Waals surface area contributed by atoms with Gasteiger partial charge in [-0.05, 0) is 48.0 Å². The molecule has 1 heterocycles. The lowest BCUT2D eigenvalue weighted by molar-refractivity contribution is 0.0954. The molecule has 0 radical (unpaired) electrons. The molecule has 0 aliphatic heterocycles. The molecule has 0 aliphatic carbocycles. The second-order valence-electron chi connectivity index (χ2n) is 6.75. The summed E-state index contributed by atoms with van der Waals surface area (Å²) < 4.78 is 2.18. The van der Waals surface area contributed by atoms with Crippen LogP contribution in [0.3, 0.4) is 0 Å². The second kappa shape index (κ2) is 8.68. The molecule has 4 aromatic rings. The van der Waals surface area contributed by atoms with Gasteiger partial charge in [-0.2, -0.15) is 0 Å². The van der Waals surface area contributed by atoms with Crippen LogP contribution in [-0.4, -0.2) is 22.0 Å². The lowest BCUT2D eigenvalue weighted by atomic mass is 10.2. The molecule has 4 rings (SSSR count). The number of hydrogen-bond acceptors (Lipinski definition) is 2. The van der Waals surface area contributed by atoms with Crippen molar-refractivity contribution in [2.45, 2.75) is 13.0 Å². The molecule has 0 spiro atoms. The van der Waals surface area contributed by atoms with Gasteiger partial charge in [-0.15, -0.1) is 0 Å². The highest BCUT2D eigenvalue weighted by atomic mass is 35.5. The number of para-hydroxylation sites is 2. The van der Waals surface area contributed by atoms with E-state index in [0.29, 0.717) is 35.1 Å². The average Bonchev–Trinajstić information content (AvgIpc) is 3.07. The summed E-state index contributed by atoms with van der Waals surface area (Å²) in [6, 6.07) is 22.8. The van der Waals surface area contributed by atoms with Crippen LogP contribution in [0.25, 0.3) is 11.0 Å². The predicted octanol–water partition coefficient (Wildman–Crippen LogP) is 5.36. The Hall–Kier alpha value is -2.82. The van der Waals surface area contributed by atoms with E-state index in [1.807, 2.05) is 42.5 Å². The lowest BCUT2D eigenvalue weighted by Gasteiger charge is -2.10. The molecule has 0 saturated carbocycles. The van der Waals surface area contributed by atoms with E-state index in [1.54, 1.807) is 24.3 Å². The van der Waals surface area contributed by atoms with Crippen LogP contribution in [-0.2, 0) is 13.0 Å². The minimum Gasteiger partial charge on any atom is -0.352 e. The second-order valence-corrected chi connectivity index (χ2v) is 7.62. The average molecular weight is 424 g/mol. The molecular formula is C23H19Cl2N3O. The Labute approximate surface area is 179 Å². The van der Waals surface area contributed by atoms with Gasteiger partial charge in [-0.3, -0.25) is 4.79 Å². The Morgan fingerprint density at radius 2 is 1.72 bits per heavy atom. The zero-order chi connectivity index (χ0) is 20.2. The van der Waals surface area contributed by atoms with Gasteiger partial charge in [0.05, 0.1) is 11.0 Å². The Bertz CT molecular complexity index is 1150. The van der Waals surface area contributed by atoms with Crippen molar-refractivity contribution in [2.24, 2.45) is 0 Å². The van der Waals surface area contributed by atoms with Crippen molar-refractivity contribution in [2.75, 3.05) is 6.54 Å². The summed E-state index contributed by atoms with van der Waals surface area (Å²) in [6.07, 6.45) is 0.620. The molecule has 0 aliphatic rings. The molecule has 0 fully saturated rings. The molecule has 4 nitrogen and oxygen atoms in total. The normalized spacial score (nSPS) is 11.0. The first kappa shape index (κ1) is 19.5. The predicted molar refractivity (Wildman–Crippen MR) is 118 cm³/mol. The van der Waals surface area contributed by atoms with Crippen LogP contribution < -0.4 is 5.32 Å². The molecule has 0 atom stereocenters. The maximum atomic E-state index is 12.4. The van der Waals surface area contributed by atoms with E-state index in [0.717, 1.165) is 22.4 Å². The van der Waals surface area contributed by atoms with Crippen molar-refractivity contribution in [3.63, 3.8) is 0 Å². The van der Waals surface area contributed by atoms with Gasteiger partial charge >= 0.3 is 0 Å². The molecule has 0 saturated heterocycles. The van der Waals surface area contributed by atoms with Crippen LogP contribution in [0.1, 0.15) is 21.7 Å². The van der Waals surface area contributed by atoms with Crippen LogP contribution in [0.4, 0.5) is 0 Å². The van der Waals surface area contributed by atoms with Gasteiger partial charge in [-0.1, -0.05) is 53.5 Å². The number of nitrogens with zero attached hydrogens (tertiary/aromatic N) is 2. The van der Waals surface area contributed by atoms with E-state index in [2.05, 4.69) is 16.0 Å². The van der Waals surface area contributed by atoms with E-state index in [9.17, 15) is 4.79 Å². The van der Waals surface area contributed by atoms with Crippen molar-refractivity contribution in [1.82, 2.24) is 14.9 Å². The van der Waals surface area contributed by atoms with Crippen molar-refractivity contribution in [1.29, 1.82) is 0 Å². The van der Waals surface area contributed by atoms with Crippen molar-refractivity contribution >= 4 is 40.1 Å². The molecule has 0 unspecified atom stereocenters. The van der Waals surface area contributed by atoms with Gasteiger partial charge in [0, 0.05) is 35.1 Å². The summed E-state index contributed by atoms with van der Waals surface area (Å²) in [5.41, 5.74) is 3.70. The number of halogens is 2. The monoisotopic (exact) mass is 423 g/mol. The third kappa shape index (κ3) is 4.61. The van der Waals surface area contributed by atoms with Crippen LogP contribution in [0, 0.1) is 0 Å². The summed E-state index contributed by atoms with van der Waals surface area (Å²) >= 11 is 12.0. The molecule has 1 N–H and O–H groups in total. The van der Waals surface area contributed by atoms with E-state index in [1.165, 1.54) is 0 Å². The fourth-order valence-corrected chi connectivity index (χ4v) is 3.60. The minimum absolute atomic E-state index is 0.145. The van der Waals surface area contributed by atoms with Gasteiger partial charge in [0.2, 0.25) is 0 Å². The third-order valence-corrected chi connectivity index (χ3v) is 5.20. The van der Waals surface area contributed by atoms with Gasteiger partial charge in [-0.25, -0.2) is 4.98 Å². The number of fused-ring (bicyclic) bond motifs is 1. The van der Waals surface area contributed by atoms with Crippen molar-refractivity contribution < 1.29 is 4.79 Å². The fourth-order valence-electron chi connectivity index (χ4n) is 3.28. The molecule has 3 aromatic carbocycles. The Morgan fingerprint density at radius 1 is 0.931 bits per heavy atom. The maximum absolute atomic E-state index is 12.4. The standard InChI is InChI=1S/C23H19Cl2N3O/c24-18-10-8-16(9-11-18)15-28-21-7-2-1-6-20(21)27-22(28)12-13-26-23(29)17-4-3-5-19(25)14-17/h1-11,14H,12-13,15H2,(H,26,29). The molecule has 0 bridgehead atoms. The number of rotatable bonds is 6. The Morgan fingerprint density at radius 3 is 2.52 bits per heavy atom. The van der Waals surface area contributed by atoms with Crippen molar-refractivity contribution in [3.8, 4) is 0 Å². The number of nitrogens with one attached hydrogen (secondary N) is 1. The Kier molecular flexibility index (Phi) is 5.84. The molecule has 6 heteroatoms. The fraction of sp³-hybridized carbons (Fsp3) is 0.130. The summed E-state index contributed by atoms with van der Waals surface area (Å²) in [4.78, 5) is 17.1. The zero-order valence-corrected chi connectivity index (χ0v) is 17.1. The summed E-state index contributed by atoms with van der Waals surface area (Å²) in [5, 5.41) is 4.21. The summed E-state index contributed by atoms with van der Waals surface area (Å²) in [7, 11) is 0. The topological polar surface area (TPSA) is 46.9 Å². The number of carbonyl (C=O) groups excluding carboxylic acids is 1. The first-order valence-corrected chi connectivity index (χ1v) is 10.1. The van der Waals surface area contributed by atoms with Crippen LogP contribution in [0.15, 0.2) is 72.8 Å². The number of benzene rings is 3. The summed E-state index contributed by atoms with van der Waals surface area (Å²) in [6.45, 7) is 1.17. The van der Waals surface area contributed by atoms with Gasteiger partial charge in [0.15, 0.2) is 0 Å². The van der Waals surface area contributed by atoms with E-state index in [-0.39, 0.29) is 5.91 Å². The van der Waals surface area contributed by atoms with Gasteiger partial charge < -0.3 is 9.88 Å². The number of aromatic nitrogens is 2. The van der Waals surface area contributed by atoms with E-state index < -0.39 is 0 Å². The smallest absolute Gasteiger partial charge is 0.251 e. The van der Waals surface area contributed by atoms with Crippen LogP contribution in [0.5, 0.6) is 0 Å². The van der Waals surface area contributed by atoms with Crippen LogP contribution >= 0.6 is 23.2 Å². The highest BCUT2D eigenvalue weighted by Crippen LogP contribution is 2.19. The SMILES string of the molecule is O=C(NCCc1nc2ccccc2n1Cc1ccc(Cl)cc1)c1cccc(Cl)c1. The lowest BCUT2D eigenvalue weighted by Crippen LogP contribution is -2.26. The van der Waals surface area contributed by atoms with Crippen molar-refractivity contribution in [3.05, 3.63) is 99.8 Å². The van der Waals surface area contributed by atoms with Crippen LogP contribution in [0.2, 0.25) is 10.0 Å². The molecular weight excluding hydrogens is 405 g/mol. The molecule has 1 aromatic heterocycles. The number of imidazole rings is 1. The number of hydrogen-bond donors (Lipinski definition) is 1.